The van der Waals surface area contributed by atoms with Crippen LogP contribution >= 0.6 is 0 Å². The highest BCUT2D eigenvalue weighted by Crippen LogP contribution is 2.21. The Kier molecular flexibility index (Phi) is 5.34. The second-order valence-corrected chi connectivity index (χ2v) is 7.14. The zero-order chi connectivity index (χ0) is 21.1. The van der Waals surface area contributed by atoms with E-state index in [9.17, 15) is 4.79 Å². The summed E-state index contributed by atoms with van der Waals surface area (Å²) in [5, 5.41) is 11.3. The zero-order valence-corrected chi connectivity index (χ0v) is 17.2. The van der Waals surface area contributed by atoms with E-state index >= 15 is 0 Å². The van der Waals surface area contributed by atoms with Crippen molar-refractivity contribution in [2.24, 2.45) is 0 Å². The van der Waals surface area contributed by atoms with Gasteiger partial charge < -0.3 is 9.84 Å². The number of amides is 1. The number of para-hydroxylation sites is 1. The van der Waals surface area contributed by atoms with Crippen LogP contribution in [0.2, 0.25) is 0 Å². The SMILES string of the molecule is Cc1cc(-n2c(C)cc(/C=C/C(=O)NCc3cnn(-c4ccccc4)c3)c2C)no1. The number of nitrogens with zero attached hydrogens (tertiary/aromatic N) is 4. The molecule has 3 aromatic heterocycles. The maximum absolute atomic E-state index is 12.3. The fourth-order valence-corrected chi connectivity index (χ4v) is 3.35. The van der Waals surface area contributed by atoms with Crippen LogP contribution in [0.3, 0.4) is 0 Å². The molecule has 0 atom stereocenters. The van der Waals surface area contributed by atoms with E-state index in [0.29, 0.717) is 6.54 Å². The third-order valence-electron chi connectivity index (χ3n) is 4.85. The summed E-state index contributed by atoms with van der Waals surface area (Å²) in [7, 11) is 0. The predicted molar refractivity (Wildman–Crippen MR) is 114 cm³/mol. The van der Waals surface area contributed by atoms with Crippen molar-refractivity contribution in [3.05, 3.63) is 89.2 Å². The maximum atomic E-state index is 12.3. The molecule has 1 amide bonds. The molecule has 30 heavy (non-hydrogen) atoms. The van der Waals surface area contributed by atoms with Crippen LogP contribution in [0, 0.1) is 20.8 Å². The van der Waals surface area contributed by atoms with Gasteiger partial charge in [0.2, 0.25) is 5.91 Å². The van der Waals surface area contributed by atoms with Gasteiger partial charge in [-0.3, -0.25) is 9.36 Å². The Labute approximate surface area is 174 Å². The first-order valence-electron chi connectivity index (χ1n) is 9.69. The molecule has 0 fully saturated rings. The Bertz CT molecular complexity index is 1200. The van der Waals surface area contributed by atoms with Crippen LogP contribution in [-0.2, 0) is 11.3 Å². The lowest BCUT2D eigenvalue weighted by atomic mass is 10.2. The maximum Gasteiger partial charge on any atom is 0.244 e. The first-order chi connectivity index (χ1) is 14.5. The number of aryl methyl sites for hydroxylation is 2. The number of aromatic nitrogens is 4. The Morgan fingerprint density at radius 1 is 1.17 bits per heavy atom. The number of benzene rings is 1. The number of hydrogen-bond donors (Lipinski definition) is 1. The molecule has 152 valence electrons. The van der Waals surface area contributed by atoms with Crippen molar-refractivity contribution in [2.75, 3.05) is 0 Å². The predicted octanol–water partition coefficient (Wildman–Crippen LogP) is 3.91. The van der Waals surface area contributed by atoms with Crippen LogP contribution in [0.5, 0.6) is 0 Å². The monoisotopic (exact) mass is 401 g/mol. The van der Waals surface area contributed by atoms with Gasteiger partial charge in [0.1, 0.15) is 5.76 Å². The molecule has 0 unspecified atom stereocenters. The molecule has 0 aliphatic rings. The molecular weight excluding hydrogens is 378 g/mol. The molecule has 0 saturated carbocycles. The third kappa shape index (κ3) is 4.10. The molecule has 0 spiro atoms. The summed E-state index contributed by atoms with van der Waals surface area (Å²) in [5.74, 6) is 1.33. The topological polar surface area (TPSA) is 77.9 Å². The van der Waals surface area contributed by atoms with Gasteiger partial charge in [0.25, 0.3) is 0 Å². The van der Waals surface area contributed by atoms with Crippen molar-refractivity contribution in [3.8, 4) is 11.5 Å². The van der Waals surface area contributed by atoms with Crippen LogP contribution in [0.4, 0.5) is 0 Å². The molecule has 1 aromatic carbocycles. The molecule has 7 nitrogen and oxygen atoms in total. The normalized spacial score (nSPS) is 11.3. The number of carbonyl (C=O) groups is 1. The van der Waals surface area contributed by atoms with E-state index in [1.54, 1.807) is 17.0 Å². The fourth-order valence-electron chi connectivity index (χ4n) is 3.35. The van der Waals surface area contributed by atoms with E-state index < -0.39 is 0 Å². The summed E-state index contributed by atoms with van der Waals surface area (Å²) in [6.07, 6.45) is 7.02. The van der Waals surface area contributed by atoms with Gasteiger partial charge in [-0.25, -0.2) is 4.68 Å². The molecule has 7 heteroatoms. The van der Waals surface area contributed by atoms with E-state index in [1.807, 2.05) is 80.1 Å². The average molecular weight is 401 g/mol. The zero-order valence-electron chi connectivity index (χ0n) is 17.2. The van der Waals surface area contributed by atoms with Crippen LogP contribution in [0.15, 0.2) is 65.5 Å². The molecule has 0 saturated heterocycles. The third-order valence-corrected chi connectivity index (χ3v) is 4.85. The second-order valence-electron chi connectivity index (χ2n) is 7.14. The number of rotatable bonds is 6. The molecule has 0 bridgehead atoms. The minimum Gasteiger partial charge on any atom is -0.360 e. The molecule has 0 aliphatic heterocycles. The van der Waals surface area contributed by atoms with Crippen molar-refractivity contribution in [1.82, 2.24) is 24.8 Å². The minimum absolute atomic E-state index is 0.162. The molecule has 0 aliphatic carbocycles. The number of nitrogens with one attached hydrogen (secondary N) is 1. The second kappa shape index (κ2) is 8.24. The minimum atomic E-state index is -0.162. The number of hydrogen-bond acceptors (Lipinski definition) is 4. The van der Waals surface area contributed by atoms with Gasteiger partial charge in [0, 0.05) is 41.8 Å². The summed E-state index contributed by atoms with van der Waals surface area (Å²) in [4.78, 5) is 12.3. The Morgan fingerprint density at radius 3 is 2.70 bits per heavy atom. The van der Waals surface area contributed by atoms with Crippen molar-refractivity contribution in [2.45, 2.75) is 27.3 Å². The molecule has 1 N–H and O–H groups in total. The van der Waals surface area contributed by atoms with Crippen molar-refractivity contribution in [1.29, 1.82) is 0 Å². The van der Waals surface area contributed by atoms with Gasteiger partial charge in [-0.2, -0.15) is 5.10 Å². The summed E-state index contributed by atoms with van der Waals surface area (Å²) in [6.45, 7) is 6.26. The quantitative estimate of drug-likeness (QED) is 0.497. The first kappa shape index (κ1) is 19.4. The Balaban J connectivity index is 1.40. The summed E-state index contributed by atoms with van der Waals surface area (Å²) in [6, 6.07) is 13.8. The van der Waals surface area contributed by atoms with Crippen LogP contribution in [0.25, 0.3) is 17.6 Å². The van der Waals surface area contributed by atoms with Gasteiger partial charge in [-0.1, -0.05) is 23.4 Å². The van der Waals surface area contributed by atoms with Crippen molar-refractivity contribution >= 4 is 12.0 Å². The van der Waals surface area contributed by atoms with E-state index in [1.165, 1.54) is 0 Å². The highest BCUT2D eigenvalue weighted by atomic mass is 16.5. The lowest BCUT2D eigenvalue weighted by Crippen LogP contribution is -2.19. The van der Waals surface area contributed by atoms with E-state index in [4.69, 9.17) is 4.52 Å². The number of carbonyl (C=O) groups excluding carboxylic acids is 1. The average Bonchev–Trinajstić information content (AvgIpc) is 3.45. The highest BCUT2D eigenvalue weighted by molar-refractivity contribution is 5.91. The largest absolute Gasteiger partial charge is 0.360 e. The summed E-state index contributed by atoms with van der Waals surface area (Å²) in [5.41, 5.74) is 4.89. The van der Waals surface area contributed by atoms with Crippen LogP contribution < -0.4 is 5.32 Å². The standard InChI is InChI=1S/C23H23N5O2/c1-16-11-20(18(3)28(16)22-12-17(2)30-26-22)9-10-23(29)24-13-19-14-25-27(15-19)21-7-5-4-6-8-21/h4-12,14-15H,13H2,1-3H3,(H,24,29)/b10-9+. The lowest BCUT2D eigenvalue weighted by Gasteiger charge is -2.04. The molecule has 4 aromatic rings. The first-order valence-corrected chi connectivity index (χ1v) is 9.69. The molecular formula is C23H23N5O2. The lowest BCUT2D eigenvalue weighted by molar-refractivity contribution is -0.116. The van der Waals surface area contributed by atoms with Gasteiger partial charge in [-0.15, -0.1) is 0 Å². The van der Waals surface area contributed by atoms with E-state index in [2.05, 4.69) is 15.6 Å². The molecule has 0 radical (unpaired) electrons. The van der Waals surface area contributed by atoms with Gasteiger partial charge in [0.15, 0.2) is 5.82 Å². The van der Waals surface area contributed by atoms with E-state index in [0.717, 1.165) is 39.8 Å². The molecule has 4 rings (SSSR count). The fraction of sp³-hybridized carbons (Fsp3) is 0.174. The van der Waals surface area contributed by atoms with Gasteiger partial charge >= 0.3 is 0 Å². The van der Waals surface area contributed by atoms with Crippen LogP contribution in [-0.4, -0.2) is 25.4 Å². The van der Waals surface area contributed by atoms with Gasteiger partial charge in [0.05, 0.1) is 11.9 Å². The van der Waals surface area contributed by atoms with E-state index in [-0.39, 0.29) is 5.91 Å². The summed E-state index contributed by atoms with van der Waals surface area (Å²) < 4.78 is 8.98. The van der Waals surface area contributed by atoms with Crippen LogP contribution in [0.1, 0.15) is 28.3 Å². The highest BCUT2D eigenvalue weighted by Gasteiger charge is 2.12. The summed E-state index contributed by atoms with van der Waals surface area (Å²) >= 11 is 0. The Morgan fingerprint density at radius 2 is 1.97 bits per heavy atom. The van der Waals surface area contributed by atoms with Crippen molar-refractivity contribution in [3.63, 3.8) is 0 Å². The van der Waals surface area contributed by atoms with Gasteiger partial charge in [-0.05, 0) is 50.6 Å². The van der Waals surface area contributed by atoms with Crippen molar-refractivity contribution < 1.29 is 9.32 Å². The Hall–Kier alpha value is -3.87. The smallest absolute Gasteiger partial charge is 0.244 e. The molecule has 3 heterocycles.